The van der Waals surface area contributed by atoms with Gasteiger partial charge in [0.2, 0.25) is 5.91 Å². The Morgan fingerprint density at radius 3 is 1.84 bits per heavy atom. The zero-order valence-electron chi connectivity index (χ0n) is 18.7. The number of rotatable bonds is 7. The van der Waals surface area contributed by atoms with E-state index < -0.39 is 0 Å². The summed E-state index contributed by atoms with van der Waals surface area (Å²) in [6.07, 6.45) is 2.19. The summed E-state index contributed by atoms with van der Waals surface area (Å²) in [4.78, 5) is 17.7. The molecule has 0 bridgehead atoms. The first-order valence-corrected chi connectivity index (χ1v) is 11.3. The molecule has 32 heavy (non-hydrogen) atoms. The van der Waals surface area contributed by atoms with Gasteiger partial charge in [-0.1, -0.05) is 97.1 Å². The highest BCUT2D eigenvalue weighted by Gasteiger charge is 2.27. The summed E-state index contributed by atoms with van der Waals surface area (Å²) >= 11 is 0. The fraction of sp³-hybridized carbons (Fsp3) is 0.250. The lowest BCUT2D eigenvalue weighted by atomic mass is 9.97. The molecule has 0 aromatic heterocycles. The molecular formula is C28H31N3O. The minimum Gasteiger partial charge on any atom is -0.338 e. The number of amides is 1. The number of carbonyl (C=O) groups excluding carboxylic acids is 1. The lowest BCUT2D eigenvalue weighted by Gasteiger charge is -2.35. The predicted molar refractivity (Wildman–Crippen MR) is 131 cm³/mol. The molecule has 4 heteroatoms. The molecule has 1 amide bonds. The summed E-state index contributed by atoms with van der Waals surface area (Å²) in [5.74, 6) is 0.152. The average molecular weight is 426 g/mol. The van der Waals surface area contributed by atoms with E-state index in [2.05, 4.69) is 71.9 Å². The van der Waals surface area contributed by atoms with Crippen LogP contribution in [0.3, 0.4) is 0 Å². The van der Waals surface area contributed by atoms with E-state index in [0.717, 1.165) is 37.3 Å². The summed E-state index contributed by atoms with van der Waals surface area (Å²) in [6.45, 7) is 3.97. The maximum atomic E-state index is 13.4. The molecular weight excluding hydrogens is 394 g/mol. The van der Waals surface area contributed by atoms with Gasteiger partial charge in [0.25, 0.3) is 0 Å². The number of nitrogens with one attached hydrogen (secondary N) is 1. The van der Waals surface area contributed by atoms with Crippen LogP contribution in [0.4, 0.5) is 0 Å². The van der Waals surface area contributed by atoms with Crippen LogP contribution < -0.4 is 5.32 Å². The van der Waals surface area contributed by atoms with Crippen molar-refractivity contribution in [3.05, 3.63) is 114 Å². The molecule has 1 aliphatic rings. The lowest BCUT2D eigenvalue weighted by molar-refractivity contribution is -0.135. The van der Waals surface area contributed by atoms with Crippen molar-refractivity contribution in [1.82, 2.24) is 15.1 Å². The SMILES string of the molecule is CN1CCN(C(=O)[C@H](NCC=C(c2ccccc2)c2ccccc2)c2ccccc2)CC1. The van der Waals surface area contributed by atoms with Gasteiger partial charge in [-0.25, -0.2) is 0 Å². The van der Waals surface area contributed by atoms with Gasteiger partial charge in [-0.2, -0.15) is 0 Å². The van der Waals surface area contributed by atoms with Crippen molar-refractivity contribution >= 4 is 11.5 Å². The van der Waals surface area contributed by atoms with E-state index in [-0.39, 0.29) is 11.9 Å². The van der Waals surface area contributed by atoms with E-state index in [1.165, 1.54) is 11.1 Å². The third kappa shape index (κ3) is 5.52. The molecule has 3 aromatic rings. The van der Waals surface area contributed by atoms with Crippen LogP contribution in [0.15, 0.2) is 97.1 Å². The fourth-order valence-corrected chi connectivity index (χ4v) is 4.12. The van der Waals surface area contributed by atoms with Crippen molar-refractivity contribution in [2.24, 2.45) is 0 Å². The summed E-state index contributed by atoms with van der Waals surface area (Å²) in [5, 5.41) is 3.53. The van der Waals surface area contributed by atoms with Gasteiger partial charge < -0.3 is 9.80 Å². The van der Waals surface area contributed by atoms with Crippen LogP contribution in [0, 0.1) is 0 Å². The smallest absolute Gasteiger partial charge is 0.244 e. The maximum absolute atomic E-state index is 13.4. The predicted octanol–water partition coefficient (Wildman–Crippen LogP) is 4.22. The highest BCUT2D eigenvalue weighted by Crippen LogP contribution is 2.23. The monoisotopic (exact) mass is 425 g/mol. The van der Waals surface area contributed by atoms with Gasteiger partial charge in [0.05, 0.1) is 0 Å². The molecule has 3 aromatic carbocycles. The van der Waals surface area contributed by atoms with E-state index in [9.17, 15) is 4.79 Å². The van der Waals surface area contributed by atoms with Crippen LogP contribution in [0.5, 0.6) is 0 Å². The van der Waals surface area contributed by atoms with Crippen molar-refractivity contribution < 1.29 is 4.79 Å². The number of piperazine rings is 1. The van der Waals surface area contributed by atoms with Gasteiger partial charge in [-0.3, -0.25) is 10.1 Å². The quantitative estimate of drug-likeness (QED) is 0.616. The Hall–Kier alpha value is -3.21. The number of benzene rings is 3. The van der Waals surface area contributed by atoms with Crippen LogP contribution in [-0.2, 0) is 4.79 Å². The Balaban J connectivity index is 1.56. The number of hydrogen-bond acceptors (Lipinski definition) is 3. The third-order valence-electron chi connectivity index (χ3n) is 5.99. The minimum absolute atomic E-state index is 0.152. The van der Waals surface area contributed by atoms with Crippen LogP contribution in [-0.4, -0.2) is 55.5 Å². The van der Waals surface area contributed by atoms with Crippen molar-refractivity contribution in [3.63, 3.8) is 0 Å². The largest absolute Gasteiger partial charge is 0.338 e. The second-order valence-electron chi connectivity index (χ2n) is 8.23. The summed E-state index contributed by atoms with van der Waals surface area (Å²) in [6, 6.07) is 30.5. The van der Waals surface area contributed by atoms with Crippen LogP contribution in [0.1, 0.15) is 22.7 Å². The van der Waals surface area contributed by atoms with Gasteiger partial charge in [-0.15, -0.1) is 0 Å². The van der Waals surface area contributed by atoms with Gasteiger partial charge in [0.15, 0.2) is 0 Å². The fourth-order valence-electron chi connectivity index (χ4n) is 4.12. The number of hydrogen-bond donors (Lipinski definition) is 1. The Bertz CT molecular complexity index is 969. The normalized spacial score (nSPS) is 15.2. The summed E-state index contributed by atoms with van der Waals surface area (Å²) < 4.78 is 0. The summed E-state index contributed by atoms with van der Waals surface area (Å²) in [7, 11) is 2.11. The number of carbonyl (C=O) groups is 1. The van der Waals surface area contributed by atoms with Gasteiger partial charge in [0.1, 0.15) is 6.04 Å². The standard InChI is InChI=1S/C28H31N3O/c1-30-19-21-31(22-20-30)28(32)27(25-15-9-4-10-16-25)29-18-17-26(23-11-5-2-6-12-23)24-13-7-3-8-14-24/h2-17,27,29H,18-22H2,1H3/t27-/m1/s1. The van der Waals surface area contributed by atoms with Crippen molar-refractivity contribution in [1.29, 1.82) is 0 Å². The molecule has 0 unspecified atom stereocenters. The highest BCUT2D eigenvalue weighted by molar-refractivity contribution is 5.84. The Labute approximate surface area is 191 Å². The second-order valence-corrected chi connectivity index (χ2v) is 8.23. The van der Waals surface area contributed by atoms with Gasteiger partial charge in [-0.05, 0) is 29.3 Å². The summed E-state index contributed by atoms with van der Waals surface area (Å²) in [5.41, 5.74) is 4.51. The van der Waals surface area contributed by atoms with E-state index in [1.807, 2.05) is 47.4 Å². The number of nitrogens with zero attached hydrogens (tertiary/aromatic N) is 2. The Morgan fingerprint density at radius 1 is 0.812 bits per heavy atom. The van der Waals surface area contributed by atoms with Crippen molar-refractivity contribution in [2.45, 2.75) is 6.04 Å². The first kappa shape index (κ1) is 22.0. The van der Waals surface area contributed by atoms with E-state index in [0.29, 0.717) is 6.54 Å². The maximum Gasteiger partial charge on any atom is 0.244 e. The van der Waals surface area contributed by atoms with Crippen molar-refractivity contribution in [2.75, 3.05) is 39.8 Å². The molecule has 1 aliphatic heterocycles. The van der Waals surface area contributed by atoms with Crippen molar-refractivity contribution in [3.8, 4) is 0 Å². The molecule has 4 rings (SSSR count). The van der Waals surface area contributed by atoms with Crippen LogP contribution in [0.25, 0.3) is 5.57 Å². The molecule has 1 N–H and O–H groups in total. The first-order valence-electron chi connectivity index (χ1n) is 11.3. The molecule has 0 saturated carbocycles. The minimum atomic E-state index is -0.358. The first-order chi connectivity index (χ1) is 15.7. The van der Waals surface area contributed by atoms with Gasteiger partial charge >= 0.3 is 0 Å². The topological polar surface area (TPSA) is 35.6 Å². The Morgan fingerprint density at radius 2 is 1.31 bits per heavy atom. The molecule has 1 saturated heterocycles. The molecule has 1 atom stereocenters. The molecule has 0 aliphatic carbocycles. The molecule has 1 heterocycles. The molecule has 0 radical (unpaired) electrons. The van der Waals surface area contributed by atoms with Gasteiger partial charge in [0, 0.05) is 32.7 Å². The van der Waals surface area contributed by atoms with E-state index in [1.54, 1.807) is 0 Å². The molecule has 164 valence electrons. The molecule has 4 nitrogen and oxygen atoms in total. The van der Waals surface area contributed by atoms with E-state index in [4.69, 9.17) is 0 Å². The lowest BCUT2D eigenvalue weighted by Crippen LogP contribution is -2.50. The second kappa shape index (κ2) is 10.9. The Kier molecular flexibility index (Phi) is 7.49. The molecule has 1 fully saturated rings. The highest BCUT2D eigenvalue weighted by atomic mass is 16.2. The zero-order chi connectivity index (χ0) is 22.2. The average Bonchev–Trinajstić information content (AvgIpc) is 2.86. The number of likely N-dealkylation sites (N-methyl/N-ethyl adjacent to an activating group) is 1. The van der Waals surface area contributed by atoms with E-state index >= 15 is 0 Å². The third-order valence-corrected chi connectivity index (χ3v) is 5.99. The zero-order valence-corrected chi connectivity index (χ0v) is 18.7. The van der Waals surface area contributed by atoms with Crippen LogP contribution >= 0.6 is 0 Å². The van der Waals surface area contributed by atoms with Crippen LogP contribution in [0.2, 0.25) is 0 Å². The molecule has 0 spiro atoms.